The number of hydrogen-bond acceptors (Lipinski definition) is 7. The molecule has 41 heavy (non-hydrogen) atoms. The number of benzene rings is 2. The number of hydrogen-bond donors (Lipinski definition) is 4. The van der Waals surface area contributed by atoms with Gasteiger partial charge in [-0.05, 0) is 55.7 Å². The van der Waals surface area contributed by atoms with E-state index < -0.39 is 17.7 Å². The van der Waals surface area contributed by atoms with E-state index in [0.717, 1.165) is 12.8 Å². The van der Waals surface area contributed by atoms with E-state index in [-0.39, 0.29) is 42.6 Å². The maximum atomic E-state index is 13.0. The third kappa shape index (κ3) is 11.2. The Morgan fingerprint density at radius 1 is 0.951 bits per heavy atom. The third-order valence-electron chi connectivity index (χ3n) is 7.31. The number of aliphatic hydroxyl groups excluding tert-OH is 1. The van der Waals surface area contributed by atoms with Crippen LogP contribution in [-0.4, -0.2) is 69.6 Å². The highest BCUT2D eigenvalue weighted by Crippen LogP contribution is 2.25. The number of amides is 2. The van der Waals surface area contributed by atoms with Crippen molar-refractivity contribution in [2.24, 2.45) is 17.6 Å². The molecule has 2 aromatic rings. The van der Waals surface area contributed by atoms with Crippen LogP contribution in [0, 0.1) is 11.8 Å². The Labute approximate surface area is 250 Å². The van der Waals surface area contributed by atoms with Gasteiger partial charge in [-0.25, -0.2) is 0 Å². The van der Waals surface area contributed by atoms with Crippen molar-refractivity contribution >= 4 is 24.2 Å². The van der Waals surface area contributed by atoms with Gasteiger partial charge < -0.3 is 35.7 Å². The Hall–Kier alpha value is -2.69. The molecule has 5 N–H and O–H groups in total. The summed E-state index contributed by atoms with van der Waals surface area (Å²) < 4.78 is 16.4. The molecule has 0 saturated carbocycles. The zero-order valence-electron chi connectivity index (χ0n) is 24.9. The average molecular weight is 594 g/mol. The van der Waals surface area contributed by atoms with Crippen molar-refractivity contribution in [3.05, 3.63) is 65.7 Å². The van der Waals surface area contributed by atoms with Gasteiger partial charge in [-0.3, -0.25) is 9.59 Å². The van der Waals surface area contributed by atoms with E-state index in [1.807, 2.05) is 36.4 Å². The number of aliphatic hydroxyl groups is 1. The van der Waals surface area contributed by atoms with Gasteiger partial charge in [0.15, 0.2) is 5.60 Å². The van der Waals surface area contributed by atoms with E-state index in [9.17, 15) is 14.7 Å². The highest BCUT2D eigenvalue weighted by molar-refractivity contribution is 5.96. The fraction of sp³-hybridized carbons (Fsp3) is 0.548. The summed E-state index contributed by atoms with van der Waals surface area (Å²) in [4.78, 5) is 26.0. The first-order valence-corrected chi connectivity index (χ1v) is 14.0. The quantitative estimate of drug-likeness (QED) is 0.194. The van der Waals surface area contributed by atoms with Gasteiger partial charge in [0.1, 0.15) is 5.75 Å². The topological polar surface area (TPSA) is 132 Å². The summed E-state index contributed by atoms with van der Waals surface area (Å²) in [6.45, 7) is 7.34. The van der Waals surface area contributed by atoms with Gasteiger partial charge >= 0.3 is 0 Å². The number of unbranched alkanes of at least 4 members (excludes halogenated alkanes) is 1. The van der Waals surface area contributed by atoms with Gasteiger partial charge in [-0.15, -0.1) is 12.4 Å². The molecule has 0 aliphatic heterocycles. The van der Waals surface area contributed by atoms with Crippen LogP contribution >= 0.6 is 12.4 Å². The van der Waals surface area contributed by atoms with Crippen LogP contribution in [0.5, 0.6) is 5.75 Å². The molecule has 0 spiro atoms. The molecule has 0 heterocycles. The van der Waals surface area contributed by atoms with E-state index in [1.54, 1.807) is 32.2 Å². The van der Waals surface area contributed by atoms with Crippen LogP contribution in [0.25, 0.3) is 0 Å². The molecule has 9 nitrogen and oxygen atoms in total. The highest BCUT2D eigenvalue weighted by Gasteiger charge is 2.35. The van der Waals surface area contributed by atoms with Crippen molar-refractivity contribution in [1.29, 1.82) is 0 Å². The lowest BCUT2D eigenvalue weighted by Crippen LogP contribution is -2.50. The summed E-state index contributed by atoms with van der Waals surface area (Å²) in [5, 5.41) is 16.5. The summed E-state index contributed by atoms with van der Waals surface area (Å²) in [6, 6.07) is 15.8. The standard InChI is InChI=1S/C31H47N3O6.ClH/c1-22(2)23(20-33-29(36)25-15-9-10-16-28(25)40-18-12-11-17-38-4)19-26(32)27(35)21-34-30(37)31(3,39-5)24-13-7-6-8-14-24;/h6-10,13-16,22-23,26-27,35H,11-12,17-21,32H2,1-5H3,(H,33,36)(H,34,37);1H. The lowest BCUT2D eigenvalue weighted by Gasteiger charge is -2.30. The second-order valence-corrected chi connectivity index (χ2v) is 10.5. The molecule has 2 rings (SSSR count). The first kappa shape index (κ1) is 36.3. The van der Waals surface area contributed by atoms with Crippen molar-refractivity contribution in [2.75, 3.05) is 40.5 Å². The molecule has 0 radical (unpaired) electrons. The predicted molar refractivity (Wildman–Crippen MR) is 163 cm³/mol. The Morgan fingerprint density at radius 3 is 2.22 bits per heavy atom. The fourth-order valence-corrected chi connectivity index (χ4v) is 4.34. The number of halogens is 1. The number of carbonyl (C=O) groups excluding carboxylic acids is 2. The largest absolute Gasteiger partial charge is 0.493 e. The molecule has 10 heteroatoms. The van der Waals surface area contributed by atoms with E-state index in [2.05, 4.69) is 24.5 Å². The van der Waals surface area contributed by atoms with Gasteiger partial charge in [0.05, 0.1) is 18.3 Å². The van der Waals surface area contributed by atoms with E-state index in [1.165, 1.54) is 7.11 Å². The summed E-state index contributed by atoms with van der Waals surface area (Å²) >= 11 is 0. The molecular weight excluding hydrogens is 546 g/mol. The van der Waals surface area contributed by atoms with Crippen LogP contribution < -0.4 is 21.1 Å². The molecule has 2 aromatic carbocycles. The van der Waals surface area contributed by atoms with Gasteiger partial charge in [-0.2, -0.15) is 0 Å². The van der Waals surface area contributed by atoms with Crippen LogP contribution in [0.15, 0.2) is 54.6 Å². The number of para-hydroxylation sites is 1. The third-order valence-corrected chi connectivity index (χ3v) is 7.31. The van der Waals surface area contributed by atoms with Gasteiger partial charge in [0, 0.05) is 40.0 Å². The number of rotatable bonds is 18. The zero-order valence-corrected chi connectivity index (χ0v) is 25.7. The second kappa shape index (κ2) is 18.7. The minimum atomic E-state index is -1.19. The SMILES string of the molecule is COCCCCOc1ccccc1C(=O)NCC(CC(N)C(O)CNC(=O)C(C)(OC)c1ccccc1)C(C)C.Cl. The van der Waals surface area contributed by atoms with Crippen molar-refractivity contribution in [1.82, 2.24) is 10.6 Å². The molecule has 4 atom stereocenters. The number of nitrogens with one attached hydrogen (secondary N) is 2. The summed E-state index contributed by atoms with van der Waals surface area (Å²) in [5.41, 5.74) is 6.34. The Kier molecular flexibility index (Phi) is 16.6. The summed E-state index contributed by atoms with van der Waals surface area (Å²) in [6.07, 6.45) is 1.21. The van der Waals surface area contributed by atoms with Crippen molar-refractivity contribution in [3.63, 3.8) is 0 Å². The summed E-state index contributed by atoms with van der Waals surface area (Å²) in [7, 11) is 3.14. The molecule has 230 valence electrons. The van der Waals surface area contributed by atoms with E-state index in [4.69, 9.17) is 19.9 Å². The van der Waals surface area contributed by atoms with Crippen molar-refractivity contribution in [3.8, 4) is 5.75 Å². The fourth-order valence-electron chi connectivity index (χ4n) is 4.34. The Bertz CT molecular complexity index is 1040. The number of ether oxygens (including phenoxy) is 3. The molecule has 0 aliphatic carbocycles. The average Bonchev–Trinajstić information content (AvgIpc) is 2.97. The van der Waals surface area contributed by atoms with Crippen LogP contribution in [0.3, 0.4) is 0 Å². The maximum Gasteiger partial charge on any atom is 0.256 e. The molecule has 0 aromatic heterocycles. The zero-order chi connectivity index (χ0) is 29.5. The van der Waals surface area contributed by atoms with Gasteiger partial charge in [0.25, 0.3) is 11.8 Å². The number of nitrogens with two attached hydrogens (primary N) is 1. The Morgan fingerprint density at radius 2 is 1.59 bits per heavy atom. The van der Waals surface area contributed by atoms with Crippen molar-refractivity contribution in [2.45, 2.75) is 57.8 Å². The molecular formula is C31H48ClN3O6. The summed E-state index contributed by atoms with van der Waals surface area (Å²) in [5.74, 6) is 0.175. The monoisotopic (exact) mass is 593 g/mol. The van der Waals surface area contributed by atoms with E-state index >= 15 is 0 Å². The highest BCUT2D eigenvalue weighted by atomic mass is 35.5. The van der Waals surface area contributed by atoms with Gasteiger partial charge in [0.2, 0.25) is 0 Å². The van der Waals surface area contributed by atoms with E-state index in [0.29, 0.717) is 43.1 Å². The van der Waals surface area contributed by atoms with Crippen LogP contribution in [0.4, 0.5) is 0 Å². The minimum absolute atomic E-state index is 0. The predicted octanol–water partition coefficient (Wildman–Crippen LogP) is 3.67. The molecule has 0 bridgehead atoms. The lowest BCUT2D eigenvalue weighted by atomic mass is 9.87. The normalized spacial score (nSPS) is 14.7. The number of carbonyl (C=O) groups is 2. The van der Waals surface area contributed by atoms with Crippen LogP contribution in [0.1, 0.15) is 56.0 Å². The lowest BCUT2D eigenvalue weighted by molar-refractivity contribution is -0.143. The van der Waals surface area contributed by atoms with Crippen LogP contribution in [-0.2, 0) is 19.9 Å². The maximum absolute atomic E-state index is 13.0. The minimum Gasteiger partial charge on any atom is -0.493 e. The Balaban J connectivity index is 0.00000840. The molecule has 0 saturated heterocycles. The van der Waals surface area contributed by atoms with Crippen LogP contribution in [0.2, 0.25) is 0 Å². The van der Waals surface area contributed by atoms with Gasteiger partial charge in [-0.1, -0.05) is 56.3 Å². The molecule has 0 aliphatic rings. The number of methoxy groups -OCH3 is 2. The second-order valence-electron chi connectivity index (χ2n) is 10.5. The first-order valence-electron chi connectivity index (χ1n) is 14.0. The smallest absolute Gasteiger partial charge is 0.256 e. The molecule has 4 unspecified atom stereocenters. The first-order chi connectivity index (χ1) is 19.1. The van der Waals surface area contributed by atoms with Crippen molar-refractivity contribution < 1.29 is 28.9 Å². The molecule has 0 fully saturated rings. The molecule has 2 amide bonds.